The van der Waals surface area contributed by atoms with Gasteiger partial charge in [-0.25, -0.2) is 4.98 Å². The number of hydrogen-bond acceptors (Lipinski definition) is 3. The van der Waals surface area contributed by atoms with Gasteiger partial charge < -0.3 is 14.2 Å². The topological polar surface area (TPSA) is 47.4 Å². The van der Waals surface area contributed by atoms with Crippen molar-refractivity contribution in [3.05, 3.63) is 53.6 Å². The van der Waals surface area contributed by atoms with Gasteiger partial charge in [0.25, 0.3) is 0 Å². The van der Waals surface area contributed by atoms with Crippen molar-refractivity contribution in [1.82, 2.24) is 14.5 Å². The molecule has 1 fully saturated rings. The quantitative estimate of drug-likeness (QED) is 0.849. The first-order valence-electron chi connectivity index (χ1n) is 9.64. The minimum absolute atomic E-state index is 0.0854. The summed E-state index contributed by atoms with van der Waals surface area (Å²) in [6.07, 6.45) is 8.29. The van der Waals surface area contributed by atoms with Crippen molar-refractivity contribution in [2.75, 3.05) is 19.7 Å². The van der Waals surface area contributed by atoms with Gasteiger partial charge in [-0.2, -0.15) is 0 Å². The number of nitrogens with zero attached hydrogens (tertiary/aromatic N) is 3. The van der Waals surface area contributed by atoms with E-state index in [0.717, 1.165) is 44.6 Å². The summed E-state index contributed by atoms with van der Waals surface area (Å²) in [4.78, 5) is 19.2. The molecular formula is C21H27N3O2. The number of likely N-dealkylation sites (tertiary alicyclic amines) is 1. The Hall–Kier alpha value is -2.14. The van der Waals surface area contributed by atoms with Crippen LogP contribution in [0.25, 0.3) is 0 Å². The van der Waals surface area contributed by atoms with E-state index in [1.807, 2.05) is 30.4 Å². The standard InChI is InChI=1S/C21H27N3O2/c1-23-12-9-22-20(23)14-16-6-10-24(11-7-16)21(25)15-19-18-5-3-2-4-17(18)8-13-26-19/h2-5,9,12,16,19H,6-8,10-11,13-15H2,1H3. The number of aryl methyl sites for hydroxylation is 1. The zero-order valence-corrected chi connectivity index (χ0v) is 15.4. The lowest BCUT2D eigenvalue weighted by atomic mass is 9.92. The molecule has 0 radical (unpaired) electrons. The third-order valence-electron chi connectivity index (χ3n) is 5.81. The average molecular weight is 353 g/mol. The van der Waals surface area contributed by atoms with Crippen molar-refractivity contribution < 1.29 is 9.53 Å². The van der Waals surface area contributed by atoms with E-state index in [-0.39, 0.29) is 12.0 Å². The molecule has 1 amide bonds. The van der Waals surface area contributed by atoms with Crippen LogP contribution >= 0.6 is 0 Å². The predicted molar refractivity (Wildman–Crippen MR) is 99.7 cm³/mol. The lowest BCUT2D eigenvalue weighted by Crippen LogP contribution is -2.40. The van der Waals surface area contributed by atoms with Crippen LogP contribution in [0, 0.1) is 5.92 Å². The SMILES string of the molecule is Cn1ccnc1CC1CCN(C(=O)CC2OCCc3ccccc32)CC1. The molecule has 4 rings (SSSR count). The van der Waals surface area contributed by atoms with Gasteiger partial charge in [-0.1, -0.05) is 24.3 Å². The number of amides is 1. The Morgan fingerprint density at radius 2 is 2.08 bits per heavy atom. The molecule has 2 aromatic rings. The van der Waals surface area contributed by atoms with Gasteiger partial charge in [0.2, 0.25) is 5.91 Å². The Kier molecular flexibility index (Phi) is 5.07. The number of fused-ring (bicyclic) bond motifs is 1. The first-order valence-corrected chi connectivity index (χ1v) is 9.64. The Bertz CT molecular complexity index is 762. The number of carbonyl (C=O) groups is 1. The summed E-state index contributed by atoms with van der Waals surface area (Å²) in [6.45, 7) is 2.41. The van der Waals surface area contributed by atoms with Gasteiger partial charge in [-0.15, -0.1) is 0 Å². The number of piperidine rings is 1. The Morgan fingerprint density at radius 3 is 2.85 bits per heavy atom. The largest absolute Gasteiger partial charge is 0.373 e. The van der Waals surface area contributed by atoms with Crippen molar-refractivity contribution in [3.63, 3.8) is 0 Å². The smallest absolute Gasteiger partial charge is 0.225 e. The summed E-state index contributed by atoms with van der Waals surface area (Å²) in [5, 5.41) is 0. The molecule has 0 saturated carbocycles. The number of carbonyl (C=O) groups excluding carboxylic acids is 1. The van der Waals surface area contributed by atoms with E-state index in [0.29, 0.717) is 18.9 Å². The maximum Gasteiger partial charge on any atom is 0.225 e. The first-order chi connectivity index (χ1) is 12.7. The molecular weight excluding hydrogens is 326 g/mol. The van der Waals surface area contributed by atoms with Crippen LogP contribution in [0.4, 0.5) is 0 Å². The fourth-order valence-electron chi connectivity index (χ4n) is 4.17. The number of aromatic nitrogens is 2. The van der Waals surface area contributed by atoms with Crippen LogP contribution < -0.4 is 0 Å². The zero-order chi connectivity index (χ0) is 17.9. The van der Waals surface area contributed by atoms with Crippen LogP contribution in [0.5, 0.6) is 0 Å². The average Bonchev–Trinajstić information content (AvgIpc) is 3.07. The summed E-state index contributed by atoms with van der Waals surface area (Å²) in [7, 11) is 2.04. The Labute approximate surface area is 155 Å². The predicted octanol–water partition coefficient (Wildman–Crippen LogP) is 2.91. The van der Waals surface area contributed by atoms with Crippen LogP contribution in [0.15, 0.2) is 36.7 Å². The molecule has 0 aliphatic carbocycles. The fourth-order valence-corrected chi connectivity index (χ4v) is 4.17. The summed E-state index contributed by atoms with van der Waals surface area (Å²) < 4.78 is 8.00. The molecule has 3 heterocycles. The molecule has 0 N–H and O–H groups in total. The molecule has 2 aliphatic rings. The highest BCUT2D eigenvalue weighted by Crippen LogP contribution is 2.31. The summed E-state index contributed by atoms with van der Waals surface area (Å²) in [5.41, 5.74) is 2.52. The molecule has 1 aromatic carbocycles. The van der Waals surface area contributed by atoms with Crippen molar-refractivity contribution in [3.8, 4) is 0 Å². The molecule has 0 bridgehead atoms. The van der Waals surface area contributed by atoms with Crippen molar-refractivity contribution in [2.45, 2.75) is 38.2 Å². The van der Waals surface area contributed by atoms with Crippen molar-refractivity contribution >= 4 is 5.91 Å². The normalized spacial score (nSPS) is 20.8. The number of ether oxygens (including phenoxy) is 1. The highest BCUT2D eigenvalue weighted by atomic mass is 16.5. The molecule has 1 saturated heterocycles. The second-order valence-corrected chi connectivity index (χ2v) is 7.50. The van der Waals surface area contributed by atoms with Crippen molar-refractivity contribution in [2.24, 2.45) is 13.0 Å². The second-order valence-electron chi connectivity index (χ2n) is 7.50. The number of imidazole rings is 1. The molecule has 1 unspecified atom stereocenters. The van der Waals surface area contributed by atoms with Gasteiger partial charge in [-0.3, -0.25) is 4.79 Å². The molecule has 1 aromatic heterocycles. The monoisotopic (exact) mass is 353 g/mol. The molecule has 0 spiro atoms. The molecule has 5 nitrogen and oxygen atoms in total. The van der Waals surface area contributed by atoms with Gasteiger partial charge in [0.05, 0.1) is 19.1 Å². The van der Waals surface area contributed by atoms with Crippen LogP contribution in [-0.4, -0.2) is 40.1 Å². The van der Waals surface area contributed by atoms with Gasteiger partial charge >= 0.3 is 0 Å². The van der Waals surface area contributed by atoms with Gasteiger partial charge in [0.15, 0.2) is 0 Å². The highest BCUT2D eigenvalue weighted by Gasteiger charge is 2.28. The van der Waals surface area contributed by atoms with E-state index in [9.17, 15) is 4.79 Å². The van der Waals surface area contributed by atoms with E-state index in [4.69, 9.17) is 4.74 Å². The van der Waals surface area contributed by atoms with Gasteiger partial charge in [0, 0.05) is 39.0 Å². The van der Waals surface area contributed by atoms with E-state index in [1.54, 1.807) is 0 Å². The van der Waals surface area contributed by atoms with Crippen LogP contribution in [-0.2, 0) is 29.4 Å². The number of rotatable bonds is 4. The summed E-state index contributed by atoms with van der Waals surface area (Å²) in [5.74, 6) is 1.98. The fraction of sp³-hybridized carbons (Fsp3) is 0.524. The third-order valence-corrected chi connectivity index (χ3v) is 5.81. The highest BCUT2D eigenvalue weighted by molar-refractivity contribution is 5.77. The Balaban J connectivity index is 1.31. The maximum atomic E-state index is 12.8. The summed E-state index contributed by atoms with van der Waals surface area (Å²) in [6, 6.07) is 8.35. The lowest BCUT2D eigenvalue weighted by molar-refractivity contribution is -0.136. The van der Waals surface area contributed by atoms with E-state index < -0.39 is 0 Å². The van der Waals surface area contributed by atoms with Gasteiger partial charge in [-0.05, 0) is 36.3 Å². The van der Waals surface area contributed by atoms with Crippen molar-refractivity contribution in [1.29, 1.82) is 0 Å². The third kappa shape index (κ3) is 3.68. The number of benzene rings is 1. The minimum Gasteiger partial charge on any atom is -0.373 e. The van der Waals surface area contributed by atoms with E-state index >= 15 is 0 Å². The zero-order valence-electron chi connectivity index (χ0n) is 15.4. The maximum absolute atomic E-state index is 12.8. The van der Waals surface area contributed by atoms with Gasteiger partial charge in [0.1, 0.15) is 5.82 Å². The molecule has 5 heteroatoms. The molecule has 138 valence electrons. The van der Waals surface area contributed by atoms with Crippen LogP contribution in [0.1, 0.15) is 42.3 Å². The summed E-state index contributed by atoms with van der Waals surface area (Å²) >= 11 is 0. The minimum atomic E-state index is -0.0854. The first kappa shape index (κ1) is 17.3. The van der Waals surface area contributed by atoms with E-state index in [2.05, 4.69) is 27.8 Å². The molecule has 2 aliphatic heterocycles. The number of hydrogen-bond donors (Lipinski definition) is 0. The molecule has 1 atom stereocenters. The van der Waals surface area contributed by atoms with Crippen LogP contribution in [0.2, 0.25) is 0 Å². The lowest BCUT2D eigenvalue weighted by Gasteiger charge is -2.33. The molecule has 26 heavy (non-hydrogen) atoms. The van der Waals surface area contributed by atoms with Crippen LogP contribution in [0.3, 0.4) is 0 Å². The Morgan fingerprint density at radius 1 is 1.27 bits per heavy atom. The second kappa shape index (κ2) is 7.62. The van der Waals surface area contributed by atoms with E-state index in [1.165, 1.54) is 11.1 Å².